The Morgan fingerprint density at radius 3 is 1.21 bits per heavy atom. The third kappa shape index (κ3) is 10.6. The second-order valence-electron chi connectivity index (χ2n) is 21.2. The summed E-state index contributed by atoms with van der Waals surface area (Å²) in [5, 5.41) is 0. The topological polar surface area (TPSA) is 139 Å². The average Bonchev–Trinajstić information content (AvgIpc) is 4.02. The number of hydrogen-bond acceptors (Lipinski definition) is 6. The zero-order valence-electron chi connectivity index (χ0n) is 40.0. The SMILES string of the molecule is NCCN1C(=O)/C(=C/CCC23CC4CC(CC(C4)C2)C3)c2ccccc21.NCCN1C(=O)/C(=C/CCC2CC2)c2ccccc21.NCCN1C(=O)/C(=C/CCC2CCCCC2)c2ccccc21. The van der Waals surface area contributed by atoms with Crippen LogP contribution in [-0.4, -0.2) is 57.0 Å². The lowest BCUT2D eigenvalue weighted by atomic mass is 9.48. The van der Waals surface area contributed by atoms with Crippen LogP contribution in [0.15, 0.2) is 91.0 Å². The van der Waals surface area contributed by atoms with Crippen LogP contribution >= 0.6 is 0 Å². The molecule has 0 saturated heterocycles. The third-order valence-electron chi connectivity index (χ3n) is 16.4. The highest BCUT2D eigenvalue weighted by atomic mass is 16.2. The van der Waals surface area contributed by atoms with E-state index in [4.69, 9.17) is 17.2 Å². The summed E-state index contributed by atoms with van der Waals surface area (Å²) in [6.45, 7) is 3.28. The van der Waals surface area contributed by atoms with Crippen LogP contribution in [0.2, 0.25) is 0 Å². The van der Waals surface area contributed by atoms with Crippen LogP contribution in [0.5, 0.6) is 0 Å². The first kappa shape index (κ1) is 47.2. The summed E-state index contributed by atoms with van der Waals surface area (Å²) in [6, 6.07) is 24.2. The standard InChI is InChI=1S/C23H30N2O.C19H26N2O.C16H20N2O/c24-8-9-25-21-6-2-1-4-19(21)20(22(25)26)5-3-7-23-13-16-10-17(14-23)12-18(11-16)15-23;20-13-14-21-18-12-5-4-10-16(18)17(19(21)22)11-6-9-15-7-2-1-3-8-15;17-10-11-18-15-7-2-1-5-13(15)14(16(18)19)6-3-4-12-8-9-12/h1-2,4-6,16-18H,3,7-15,24H2;4-5,10-12,15H,1-3,6-9,13-14,20H2;1-2,5-7,12H,3-4,8-11,17H2/b20-5+;17-11+;14-6+. The minimum Gasteiger partial charge on any atom is -0.329 e. The zero-order valence-corrected chi connectivity index (χ0v) is 40.0. The number of hydrogen-bond donors (Lipinski definition) is 3. The maximum absolute atomic E-state index is 12.9. The molecule has 6 fully saturated rings. The molecule has 9 nitrogen and oxygen atoms in total. The van der Waals surface area contributed by atoms with E-state index in [9.17, 15) is 14.4 Å². The Bertz CT molecular complexity index is 2300. The molecule has 3 aliphatic heterocycles. The monoisotopic (exact) mass is 905 g/mol. The van der Waals surface area contributed by atoms with Gasteiger partial charge in [0.2, 0.25) is 0 Å². The van der Waals surface area contributed by atoms with Crippen LogP contribution in [0.1, 0.15) is 139 Å². The molecule has 3 aromatic rings. The lowest BCUT2D eigenvalue weighted by Gasteiger charge is -2.57. The van der Waals surface area contributed by atoms with Gasteiger partial charge in [-0.05, 0) is 130 Å². The summed E-state index contributed by atoms with van der Waals surface area (Å²) in [5.74, 6) is 5.15. The van der Waals surface area contributed by atoms with Crippen molar-refractivity contribution in [2.75, 3.05) is 54.0 Å². The summed E-state index contributed by atoms with van der Waals surface area (Å²) in [6.07, 6.45) is 31.8. The van der Waals surface area contributed by atoms with Gasteiger partial charge in [-0.1, -0.05) is 118 Å². The first-order valence-corrected chi connectivity index (χ1v) is 26.2. The molecular formula is C58H76N6O3. The molecule has 0 unspecified atom stereocenters. The van der Waals surface area contributed by atoms with Gasteiger partial charge < -0.3 is 31.9 Å². The number of benzene rings is 3. The van der Waals surface area contributed by atoms with Crippen molar-refractivity contribution in [1.29, 1.82) is 0 Å². The molecule has 3 heterocycles. The Kier molecular flexibility index (Phi) is 15.3. The van der Waals surface area contributed by atoms with E-state index in [-0.39, 0.29) is 17.7 Å². The van der Waals surface area contributed by atoms with Gasteiger partial charge in [-0.2, -0.15) is 0 Å². The number of anilines is 3. The lowest BCUT2D eigenvalue weighted by molar-refractivity contribution is -0.113. The van der Waals surface area contributed by atoms with Crippen molar-refractivity contribution >= 4 is 51.5 Å². The van der Waals surface area contributed by atoms with Crippen LogP contribution in [-0.2, 0) is 14.4 Å². The minimum absolute atomic E-state index is 0.113. The molecule has 0 atom stereocenters. The molecular weight excluding hydrogens is 829 g/mol. The Hall–Kier alpha value is -4.83. The summed E-state index contributed by atoms with van der Waals surface area (Å²) in [5.41, 5.74) is 26.5. The highest BCUT2D eigenvalue weighted by Crippen LogP contribution is 2.61. The number of fused-ring (bicyclic) bond motifs is 3. The van der Waals surface area contributed by atoms with Crippen LogP contribution < -0.4 is 31.9 Å². The molecule has 0 spiro atoms. The van der Waals surface area contributed by atoms with Gasteiger partial charge in [0.25, 0.3) is 17.7 Å². The van der Waals surface area contributed by atoms with E-state index in [0.29, 0.717) is 44.7 Å². The smallest absolute Gasteiger partial charge is 0.258 e. The molecule has 0 radical (unpaired) electrons. The maximum Gasteiger partial charge on any atom is 0.258 e. The molecule has 9 aliphatic rings. The van der Waals surface area contributed by atoms with Crippen molar-refractivity contribution in [3.63, 3.8) is 0 Å². The molecule has 4 bridgehead atoms. The molecule has 9 heteroatoms. The fourth-order valence-electron chi connectivity index (χ4n) is 13.5. The molecule has 0 aromatic heterocycles. The number of rotatable bonds is 15. The molecule has 6 N–H and O–H groups in total. The van der Waals surface area contributed by atoms with Gasteiger partial charge in [0, 0.05) is 72.7 Å². The van der Waals surface area contributed by atoms with E-state index in [1.807, 2.05) is 70.5 Å². The molecule has 3 aromatic carbocycles. The number of amides is 3. The molecule has 6 saturated carbocycles. The summed E-state index contributed by atoms with van der Waals surface area (Å²) in [7, 11) is 0. The van der Waals surface area contributed by atoms with Crippen LogP contribution in [0.3, 0.4) is 0 Å². The van der Waals surface area contributed by atoms with Gasteiger partial charge in [0.05, 0.1) is 17.1 Å². The van der Waals surface area contributed by atoms with E-state index < -0.39 is 0 Å². The third-order valence-corrected chi connectivity index (χ3v) is 16.4. The van der Waals surface area contributed by atoms with Crippen molar-refractivity contribution in [3.05, 3.63) is 108 Å². The highest BCUT2D eigenvalue weighted by Gasteiger charge is 2.50. The van der Waals surface area contributed by atoms with Gasteiger partial charge in [-0.25, -0.2) is 0 Å². The molecule has 12 rings (SSSR count). The van der Waals surface area contributed by atoms with Crippen LogP contribution in [0.4, 0.5) is 17.1 Å². The Morgan fingerprint density at radius 1 is 0.478 bits per heavy atom. The van der Waals surface area contributed by atoms with E-state index in [1.165, 1.54) is 103 Å². The zero-order chi connectivity index (χ0) is 46.3. The molecule has 67 heavy (non-hydrogen) atoms. The first-order chi connectivity index (χ1) is 32.8. The fraction of sp³-hybridized carbons (Fsp3) is 0.534. The second-order valence-corrected chi connectivity index (χ2v) is 21.2. The number of allylic oxidation sites excluding steroid dienone is 3. The predicted molar refractivity (Wildman–Crippen MR) is 275 cm³/mol. The first-order valence-electron chi connectivity index (χ1n) is 26.2. The van der Waals surface area contributed by atoms with E-state index >= 15 is 0 Å². The number of carbonyl (C=O) groups is 3. The lowest BCUT2D eigenvalue weighted by Crippen LogP contribution is -2.45. The van der Waals surface area contributed by atoms with Crippen LogP contribution in [0, 0.1) is 35.0 Å². The van der Waals surface area contributed by atoms with Crippen LogP contribution in [0.25, 0.3) is 16.7 Å². The van der Waals surface area contributed by atoms with Gasteiger partial charge in [-0.15, -0.1) is 0 Å². The number of nitrogens with two attached hydrogens (primary N) is 3. The Labute approximate surface area is 400 Å². The van der Waals surface area contributed by atoms with Crippen molar-refractivity contribution in [3.8, 4) is 0 Å². The predicted octanol–water partition coefficient (Wildman–Crippen LogP) is 10.7. The normalized spacial score (nSPS) is 26.6. The quantitative estimate of drug-likeness (QED) is 0.130. The number of nitrogens with zero attached hydrogens (tertiary/aromatic N) is 3. The van der Waals surface area contributed by atoms with E-state index in [0.717, 1.165) is 99.3 Å². The maximum atomic E-state index is 12.9. The molecule has 356 valence electrons. The van der Waals surface area contributed by atoms with Gasteiger partial charge >= 0.3 is 0 Å². The van der Waals surface area contributed by atoms with Crippen molar-refractivity contribution in [2.24, 2.45) is 52.2 Å². The Morgan fingerprint density at radius 2 is 0.836 bits per heavy atom. The number of carbonyl (C=O) groups excluding carboxylic acids is 3. The minimum atomic E-state index is 0.113. The van der Waals surface area contributed by atoms with Crippen molar-refractivity contribution in [1.82, 2.24) is 0 Å². The highest BCUT2D eigenvalue weighted by molar-refractivity contribution is 6.34. The second kappa shape index (κ2) is 21.6. The fourth-order valence-corrected chi connectivity index (χ4v) is 13.5. The molecule has 3 amide bonds. The summed E-state index contributed by atoms with van der Waals surface area (Å²) in [4.78, 5) is 43.5. The van der Waals surface area contributed by atoms with Crippen molar-refractivity contribution < 1.29 is 14.4 Å². The van der Waals surface area contributed by atoms with Gasteiger partial charge in [-0.3, -0.25) is 14.4 Å². The number of para-hydroxylation sites is 3. The Balaban J connectivity index is 0.000000128. The van der Waals surface area contributed by atoms with Gasteiger partial charge in [0.15, 0.2) is 0 Å². The largest absolute Gasteiger partial charge is 0.329 e. The summed E-state index contributed by atoms with van der Waals surface area (Å²) < 4.78 is 0. The van der Waals surface area contributed by atoms with E-state index in [1.54, 1.807) is 4.90 Å². The average molecular weight is 905 g/mol. The summed E-state index contributed by atoms with van der Waals surface area (Å²) >= 11 is 0. The molecule has 6 aliphatic carbocycles. The van der Waals surface area contributed by atoms with Gasteiger partial charge in [0.1, 0.15) is 0 Å². The van der Waals surface area contributed by atoms with E-state index in [2.05, 4.69) is 30.4 Å². The van der Waals surface area contributed by atoms with Crippen molar-refractivity contribution in [2.45, 2.75) is 122 Å².